The molecule has 4 rings (SSSR count). The maximum atomic E-state index is 5.49. The molecule has 4 heteroatoms. The van der Waals surface area contributed by atoms with Crippen LogP contribution in [0.1, 0.15) is 44.1 Å². The minimum atomic E-state index is 0.817. The quantitative estimate of drug-likeness (QED) is 0.799. The van der Waals surface area contributed by atoms with E-state index >= 15 is 0 Å². The fraction of sp³-hybridized carbons (Fsp3) is 0.727. The van der Waals surface area contributed by atoms with Crippen molar-refractivity contribution in [3.8, 4) is 11.5 Å². The molecule has 144 valence electrons. The number of nitrogens with zero attached hydrogens (tertiary/aromatic N) is 2. The Hall–Kier alpha value is -1.26. The second kappa shape index (κ2) is 8.18. The van der Waals surface area contributed by atoms with Gasteiger partial charge in [-0.3, -0.25) is 9.80 Å². The van der Waals surface area contributed by atoms with Gasteiger partial charge < -0.3 is 9.47 Å². The molecule has 2 unspecified atom stereocenters. The third-order valence-corrected chi connectivity index (χ3v) is 6.77. The monoisotopic (exact) mass is 358 g/mol. The van der Waals surface area contributed by atoms with Crippen LogP contribution in [0.15, 0.2) is 18.2 Å². The molecule has 2 bridgehead atoms. The summed E-state index contributed by atoms with van der Waals surface area (Å²) in [5.74, 6) is 3.38. The van der Waals surface area contributed by atoms with Crippen LogP contribution in [0.25, 0.3) is 0 Å². The largest absolute Gasteiger partial charge is 0.493 e. The van der Waals surface area contributed by atoms with Crippen molar-refractivity contribution >= 4 is 0 Å². The minimum absolute atomic E-state index is 0.817. The van der Waals surface area contributed by atoms with Crippen LogP contribution in [0.5, 0.6) is 11.5 Å². The van der Waals surface area contributed by atoms with Crippen LogP contribution in [0.3, 0.4) is 0 Å². The highest BCUT2D eigenvalue weighted by Gasteiger charge is 2.42. The Morgan fingerprint density at radius 2 is 1.58 bits per heavy atom. The molecule has 2 saturated heterocycles. The topological polar surface area (TPSA) is 24.9 Å². The molecule has 3 aliphatic rings. The highest BCUT2D eigenvalue weighted by Crippen LogP contribution is 2.39. The van der Waals surface area contributed by atoms with Crippen LogP contribution in [0.4, 0.5) is 0 Å². The molecular weight excluding hydrogens is 324 g/mol. The predicted molar refractivity (Wildman–Crippen MR) is 105 cm³/mol. The summed E-state index contributed by atoms with van der Waals surface area (Å²) >= 11 is 0. The zero-order valence-electron chi connectivity index (χ0n) is 16.5. The van der Waals surface area contributed by atoms with E-state index in [9.17, 15) is 0 Å². The Morgan fingerprint density at radius 3 is 2.23 bits per heavy atom. The van der Waals surface area contributed by atoms with Gasteiger partial charge in [0.05, 0.1) is 14.2 Å². The Balaban J connectivity index is 1.44. The van der Waals surface area contributed by atoms with E-state index in [1.165, 1.54) is 70.3 Å². The molecule has 0 spiro atoms. The van der Waals surface area contributed by atoms with Crippen molar-refractivity contribution in [2.24, 2.45) is 11.8 Å². The molecule has 0 aromatic heterocycles. The standard InChI is InChI=1S/C22H34N2O2/c1-25-20-10-9-17(13-21(20)26-2)14-23-15-18-7-6-8-19(16-23)22(18)24-11-4-3-5-12-24/h9-10,13,18-19,22H,3-8,11-12,14-16H2,1-2H3. The molecule has 3 fully saturated rings. The molecule has 0 amide bonds. The van der Waals surface area contributed by atoms with Crippen LogP contribution in [0, 0.1) is 11.8 Å². The smallest absolute Gasteiger partial charge is 0.161 e. The average Bonchev–Trinajstić information content (AvgIpc) is 2.68. The van der Waals surface area contributed by atoms with Crippen LogP contribution in [-0.4, -0.2) is 56.2 Å². The van der Waals surface area contributed by atoms with Crippen molar-refractivity contribution in [1.29, 1.82) is 0 Å². The average molecular weight is 359 g/mol. The number of hydrogen-bond donors (Lipinski definition) is 0. The highest BCUT2D eigenvalue weighted by molar-refractivity contribution is 5.42. The van der Waals surface area contributed by atoms with Gasteiger partial charge >= 0.3 is 0 Å². The molecule has 26 heavy (non-hydrogen) atoms. The van der Waals surface area contributed by atoms with E-state index in [-0.39, 0.29) is 0 Å². The first-order valence-electron chi connectivity index (χ1n) is 10.5. The summed E-state index contributed by atoms with van der Waals surface area (Å²) in [5, 5.41) is 0. The summed E-state index contributed by atoms with van der Waals surface area (Å²) < 4.78 is 10.9. The Morgan fingerprint density at radius 1 is 0.885 bits per heavy atom. The number of benzene rings is 1. The van der Waals surface area contributed by atoms with E-state index in [4.69, 9.17) is 9.47 Å². The summed E-state index contributed by atoms with van der Waals surface area (Å²) in [5.41, 5.74) is 1.33. The van der Waals surface area contributed by atoms with Crippen molar-refractivity contribution in [2.75, 3.05) is 40.4 Å². The lowest BCUT2D eigenvalue weighted by atomic mass is 9.72. The van der Waals surface area contributed by atoms with E-state index in [1.54, 1.807) is 14.2 Å². The summed E-state index contributed by atoms with van der Waals surface area (Å²) in [6.07, 6.45) is 8.52. The number of likely N-dealkylation sites (tertiary alicyclic amines) is 2. The van der Waals surface area contributed by atoms with Gasteiger partial charge in [0.15, 0.2) is 11.5 Å². The lowest BCUT2D eigenvalue weighted by Gasteiger charge is -2.52. The van der Waals surface area contributed by atoms with Gasteiger partial charge in [-0.15, -0.1) is 0 Å². The zero-order chi connectivity index (χ0) is 17.9. The summed E-state index contributed by atoms with van der Waals surface area (Å²) in [6, 6.07) is 7.22. The fourth-order valence-electron chi connectivity index (χ4n) is 5.68. The number of rotatable bonds is 5. The molecule has 1 aliphatic carbocycles. The molecule has 1 aromatic carbocycles. The van der Waals surface area contributed by atoms with Crippen molar-refractivity contribution in [1.82, 2.24) is 9.80 Å². The predicted octanol–water partition coefficient (Wildman–Crippen LogP) is 3.79. The number of hydrogen-bond acceptors (Lipinski definition) is 4. The van der Waals surface area contributed by atoms with Gasteiger partial charge in [0.1, 0.15) is 0 Å². The van der Waals surface area contributed by atoms with Crippen molar-refractivity contribution in [3.63, 3.8) is 0 Å². The number of piperidine rings is 2. The third kappa shape index (κ3) is 3.72. The third-order valence-electron chi connectivity index (χ3n) is 6.77. The minimum Gasteiger partial charge on any atom is -0.493 e. The van der Waals surface area contributed by atoms with E-state index in [0.717, 1.165) is 35.9 Å². The second-order valence-corrected chi connectivity index (χ2v) is 8.42. The van der Waals surface area contributed by atoms with Gasteiger partial charge in [-0.25, -0.2) is 0 Å². The molecule has 4 nitrogen and oxygen atoms in total. The number of methoxy groups -OCH3 is 2. The van der Waals surface area contributed by atoms with Gasteiger partial charge in [0.25, 0.3) is 0 Å². The lowest BCUT2D eigenvalue weighted by Crippen LogP contribution is -2.58. The van der Waals surface area contributed by atoms with Crippen molar-refractivity contribution in [3.05, 3.63) is 23.8 Å². The molecule has 1 saturated carbocycles. The highest BCUT2D eigenvalue weighted by atomic mass is 16.5. The Bertz CT molecular complexity index is 586. The zero-order valence-corrected chi connectivity index (χ0v) is 16.5. The SMILES string of the molecule is COc1ccc(CN2CC3CCCC(C2)C3N2CCCCC2)cc1OC. The Kier molecular flexibility index (Phi) is 5.70. The molecule has 0 N–H and O–H groups in total. The van der Waals surface area contributed by atoms with E-state index < -0.39 is 0 Å². The van der Waals surface area contributed by atoms with Crippen LogP contribution < -0.4 is 9.47 Å². The van der Waals surface area contributed by atoms with E-state index in [0.29, 0.717) is 0 Å². The van der Waals surface area contributed by atoms with Gasteiger partial charge in [0.2, 0.25) is 0 Å². The summed E-state index contributed by atoms with van der Waals surface area (Å²) in [7, 11) is 3.42. The molecule has 0 radical (unpaired) electrons. The first-order chi connectivity index (χ1) is 12.8. The Labute approximate surface area is 158 Å². The van der Waals surface area contributed by atoms with Crippen molar-refractivity contribution < 1.29 is 9.47 Å². The molecule has 2 heterocycles. The van der Waals surface area contributed by atoms with E-state index in [1.807, 2.05) is 6.07 Å². The van der Waals surface area contributed by atoms with Crippen molar-refractivity contribution in [2.45, 2.75) is 51.1 Å². The van der Waals surface area contributed by atoms with Gasteiger partial charge in [0, 0.05) is 25.7 Å². The first kappa shape index (κ1) is 18.1. The molecule has 2 aliphatic heterocycles. The van der Waals surface area contributed by atoms with Gasteiger partial charge in [-0.05, 0) is 68.3 Å². The molecular formula is C22H34N2O2. The maximum absolute atomic E-state index is 5.49. The van der Waals surface area contributed by atoms with E-state index in [2.05, 4.69) is 21.9 Å². The van der Waals surface area contributed by atoms with Crippen LogP contribution >= 0.6 is 0 Å². The molecule has 2 atom stereocenters. The van der Waals surface area contributed by atoms with Gasteiger partial charge in [-0.2, -0.15) is 0 Å². The maximum Gasteiger partial charge on any atom is 0.161 e. The van der Waals surface area contributed by atoms with Gasteiger partial charge in [-0.1, -0.05) is 18.9 Å². The van der Waals surface area contributed by atoms with Crippen LogP contribution in [-0.2, 0) is 6.54 Å². The summed E-state index contributed by atoms with van der Waals surface area (Å²) in [4.78, 5) is 5.54. The number of ether oxygens (including phenoxy) is 2. The number of fused-ring (bicyclic) bond motifs is 2. The summed E-state index contributed by atoms with van der Waals surface area (Å²) in [6.45, 7) is 6.22. The fourth-order valence-corrected chi connectivity index (χ4v) is 5.68. The second-order valence-electron chi connectivity index (χ2n) is 8.42. The molecule has 1 aromatic rings. The first-order valence-corrected chi connectivity index (χ1v) is 10.5. The lowest BCUT2D eigenvalue weighted by molar-refractivity contribution is -0.0290. The normalized spacial score (nSPS) is 30.2. The van der Waals surface area contributed by atoms with Crippen LogP contribution in [0.2, 0.25) is 0 Å².